The standard InChI is InChI=1S/C6H8N2.ClH/c1-5-3-2-4-8-6(5)7;/h2-4H,1H3,(H2,7,8);1H. The second-order valence-electron chi connectivity index (χ2n) is 1.71. The van der Waals surface area contributed by atoms with E-state index in [1.54, 1.807) is 6.20 Å². The molecule has 2 nitrogen and oxygen atoms in total. The van der Waals surface area contributed by atoms with Crippen molar-refractivity contribution in [3.63, 3.8) is 0 Å². The van der Waals surface area contributed by atoms with E-state index in [0.29, 0.717) is 5.82 Å². The summed E-state index contributed by atoms with van der Waals surface area (Å²) >= 11 is 0. The first-order chi connectivity index (χ1) is 3.80. The van der Waals surface area contributed by atoms with Crippen molar-refractivity contribution in [1.29, 1.82) is 0 Å². The Morgan fingerprint density at radius 2 is 2.22 bits per heavy atom. The number of pyridine rings is 1. The summed E-state index contributed by atoms with van der Waals surface area (Å²) in [6, 6.07) is 3.80. The van der Waals surface area contributed by atoms with Gasteiger partial charge < -0.3 is 5.73 Å². The van der Waals surface area contributed by atoms with Gasteiger partial charge in [-0.25, -0.2) is 4.98 Å². The Morgan fingerprint density at radius 1 is 1.56 bits per heavy atom. The zero-order valence-electron chi connectivity index (χ0n) is 5.16. The normalized spacial score (nSPS) is 8.11. The van der Waals surface area contributed by atoms with E-state index in [4.69, 9.17) is 5.73 Å². The number of nitrogens with two attached hydrogens (primary N) is 1. The van der Waals surface area contributed by atoms with Crippen LogP contribution in [0.3, 0.4) is 0 Å². The van der Waals surface area contributed by atoms with E-state index in [-0.39, 0.29) is 12.4 Å². The Kier molecular flexibility index (Phi) is 3.02. The Hall–Kier alpha value is -0.760. The maximum Gasteiger partial charge on any atom is 0.126 e. The van der Waals surface area contributed by atoms with Gasteiger partial charge in [-0.2, -0.15) is 0 Å². The van der Waals surface area contributed by atoms with E-state index in [1.165, 1.54) is 0 Å². The first-order valence-electron chi connectivity index (χ1n) is 2.48. The summed E-state index contributed by atoms with van der Waals surface area (Å²) < 4.78 is 0. The number of rotatable bonds is 0. The summed E-state index contributed by atoms with van der Waals surface area (Å²) in [5.41, 5.74) is 6.44. The quantitative estimate of drug-likeness (QED) is 0.598. The number of hydrogen-bond donors (Lipinski definition) is 1. The van der Waals surface area contributed by atoms with Gasteiger partial charge in [0.25, 0.3) is 0 Å². The molecule has 3 heteroatoms. The zero-order chi connectivity index (χ0) is 5.98. The lowest BCUT2D eigenvalue weighted by Crippen LogP contribution is -1.90. The second kappa shape index (κ2) is 3.30. The van der Waals surface area contributed by atoms with Crippen LogP contribution in [0.4, 0.5) is 5.82 Å². The highest BCUT2D eigenvalue weighted by Gasteiger charge is 1.86. The molecule has 0 aliphatic rings. The van der Waals surface area contributed by atoms with Crippen molar-refractivity contribution in [3.8, 4) is 0 Å². The lowest BCUT2D eigenvalue weighted by Gasteiger charge is -1.92. The summed E-state index contributed by atoms with van der Waals surface area (Å²) in [4.78, 5) is 3.86. The molecule has 1 aromatic rings. The third-order valence-corrected chi connectivity index (χ3v) is 1.05. The van der Waals surface area contributed by atoms with Crippen molar-refractivity contribution in [2.24, 2.45) is 0 Å². The van der Waals surface area contributed by atoms with Crippen LogP contribution in [0.5, 0.6) is 0 Å². The number of nitrogens with zero attached hydrogens (tertiary/aromatic N) is 1. The van der Waals surface area contributed by atoms with E-state index in [1.807, 2.05) is 19.1 Å². The minimum atomic E-state index is 0. The molecular formula is C6H9ClN2. The third kappa shape index (κ3) is 1.90. The molecule has 0 aliphatic heterocycles. The average molecular weight is 145 g/mol. The first-order valence-corrected chi connectivity index (χ1v) is 2.48. The van der Waals surface area contributed by atoms with Gasteiger partial charge >= 0.3 is 0 Å². The molecule has 1 heterocycles. The summed E-state index contributed by atoms with van der Waals surface area (Å²) in [6.07, 6.45) is 1.68. The first kappa shape index (κ1) is 8.24. The van der Waals surface area contributed by atoms with Crippen LogP contribution in [0.15, 0.2) is 18.3 Å². The number of hydrogen-bond acceptors (Lipinski definition) is 2. The van der Waals surface area contributed by atoms with Gasteiger partial charge in [-0.3, -0.25) is 0 Å². The van der Waals surface area contributed by atoms with E-state index in [0.717, 1.165) is 5.56 Å². The largest absolute Gasteiger partial charge is 0.383 e. The van der Waals surface area contributed by atoms with E-state index in [9.17, 15) is 0 Å². The van der Waals surface area contributed by atoms with Gasteiger partial charge in [0.05, 0.1) is 0 Å². The molecular weight excluding hydrogens is 136 g/mol. The van der Waals surface area contributed by atoms with Crippen LogP contribution >= 0.6 is 12.4 Å². The van der Waals surface area contributed by atoms with Gasteiger partial charge in [0, 0.05) is 6.20 Å². The smallest absolute Gasteiger partial charge is 0.126 e. The summed E-state index contributed by atoms with van der Waals surface area (Å²) in [7, 11) is 0. The fourth-order valence-electron chi connectivity index (χ4n) is 0.498. The third-order valence-electron chi connectivity index (χ3n) is 1.05. The number of nitrogen functional groups attached to an aromatic ring is 1. The van der Waals surface area contributed by atoms with E-state index < -0.39 is 0 Å². The molecule has 0 atom stereocenters. The van der Waals surface area contributed by atoms with Gasteiger partial charge in [0.15, 0.2) is 0 Å². The van der Waals surface area contributed by atoms with Crippen molar-refractivity contribution < 1.29 is 0 Å². The van der Waals surface area contributed by atoms with Crippen LogP contribution in [0.1, 0.15) is 5.56 Å². The van der Waals surface area contributed by atoms with Crippen LogP contribution in [-0.2, 0) is 0 Å². The van der Waals surface area contributed by atoms with Crippen LogP contribution in [-0.4, -0.2) is 4.98 Å². The molecule has 0 aromatic carbocycles. The maximum atomic E-state index is 5.41. The van der Waals surface area contributed by atoms with E-state index >= 15 is 0 Å². The molecule has 1 rings (SSSR count). The molecule has 50 valence electrons. The zero-order valence-corrected chi connectivity index (χ0v) is 5.98. The maximum absolute atomic E-state index is 5.41. The van der Waals surface area contributed by atoms with Gasteiger partial charge in [-0.05, 0) is 18.6 Å². The van der Waals surface area contributed by atoms with Crippen molar-refractivity contribution in [2.75, 3.05) is 5.73 Å². The fourth-order valence-corrected chi connectivity index (χ4v) is 0.498. The highest BCUT2D eigenvalue weighted by molar-refractivity contribution is 5.85. The van der Waals surface area contributed by atoms with Crippen LogP contribution in [0.25, 0.3) is 0 Å². The highest BCUT2D eigenvalue weighted by Crippen LogP contribution is 2.01. The predicted octanol–water partition coefficient (Wildman–Crippen LogP) is 1.39. The van der Waals surface area contributed by atoms with Crippen molar-refractivity contribution in [2.45, 2.75) is 6.92 Å². The van der Waals surface area contributed by atoms with Crippen LogP contribution in [0.2, 0.25) is 0 Å². The lowest BCUT2D eigenvalue weighted by molar-refractivity contribution is 1.28. The average Bonchev–Trinajstić information content (AvgIpc) is 1.77. The molecule has 0 bridgehead atoms. The Labute approximate surface area is 60.5 Å². The predicted molar refractivity (Wildman–Crippen MR) is 40.6 cm³/mol. The monoisotopic (exact) mass is 144 g/mol. The Morgan fingerprint density at radius 3 is 2.56 bits per heavy atom. The van der Waals surface area contributed by atoms with Gasteiger partial charge in [0.2, 0.25) is 0 Å². The topological polar surface area (TPSA) is 38.9 Å². The molecule has 0 aliphatic carbocycles. The molecule has 0 amide bonds. The van der Waals surface area contributed by atoms with Gasteiger partial charge in [-0.15, -0.1) is 12.4 Å². The molecule has 0 unspecified atom stereocenters. The fraction of sp³-hybridized carbons (Fsp3) is 0.167. The summed E-state index contributed by atoms with van der Waals surface area (Å²) in [5.74, 6) is 0.618. The van der Waals surface area contributed by atoms with Gasteiger partial charge in [-0.1, -0.05) is 6.07 Å². The molecule has 0 spiro atoms. The number of aryl methyl sites for hydroxylation is 1. The number of aromatic nitrogens is 1. The molecule has 2 N–H and O–H groups in total. The van der Waals surface area contributed by atoms with E-state index in [2.05, 4.69) is 4.98 Å². The highest BCUT2D eigenvalue weighted by atomic mass is 35.5. The SMILES string of the molecule is Cc1cccnc1N.Cl. The molecule has 1 aromatic heterocycles. The van der Waals surface area contributed by atoms with Gasteiger partial charge in [0.1, 0.15) is 5.82 Å². The summed E-state index contributed by atoms with van der Waals surface area (Å²) in [6.45, 7) is 1.93. The minimum absolute atomic E-state index is 0. The van der Waals surface area contributed by atoms with Crippen LogP contribution < -0.4 is 5.73 Å². The molecule has 9 heavy (non-hydrogen) atoms. The lowest BCUT2D eigenvalue weighted by atomic mass is 10.3. The van der Waals surface area contributed by atoms with Crippen molar-refractivity contribution >= 4 is 18.2 Å². The number of anilines is 1. The van der Waals surface area contributed by atoms with Crippen LogP contribution in [0, 0.1) is 6.92 Å². The Balaban J connectivity index is 0.000000640. The molecule has 0 saturated carbocycles. The van der Waals surface area contributed by atoms with Crippen molar-refractivity contribution in [3.05, 3.63) is 23.9 Å². The summed E-state index contributed by atoms with van der Waals surface area (Å²) in [5, 5.41) is 0. The molecule has 0 radical (unpaired) electrons. The van der Waals surface area contributed by atoms with Crippen molar-refractivity contribution in [1.82, 2.24) is 4.98 Å². The minimum Gasteiger partial charge on any atom is -0.383 e. The number of halogens is 1. The Bertz CT molecular complexity index is 167. The second-order valence-corrected chi connectivity index (χ2v) is 1.71. The molecule has 0 saturated heterocycles. The molecule has 0 fully saturated rings.